The van der Waals surface area contributed by atoms with Crippen molar-refractivity contribution >= 4 is 0 Å². The first kappa shape index (κ1) is 12.5. The maximum absolute atomic E-state index is 5.66. The maximum Gasteiger partial charge on any atom is 0.208 e. The lowest BCUT2D eigenvalue weighted by Crippen LogP contribution is -2.44. The van der Waals surface area contributed by atoms with E-state index in [2.05, 4.69) is 29.2 Å². The van der Waals surface area contributed by atoms with Gasteiger partial charge in [-0.25, -0.2) is 4.98 Å². The molecule has 0 spiro atoms. The molecule has 1 N–H and O–H groups in total. The van der Waals surface area contributed by atoms with E-state index in [1.54, 1.807) is 6.20 Å². The Hall–Kier alpha value is -0.910. The third kappa shape index (κ3) is 3.80. The molecule has 96 valence electrons. The van der Waals surface area contributed by atoms with Gasteiger partial charge in [-0.05, 0) is 7.05 Å². The Morgan fingerprint density at radius 1 is 1.59 bits per heavy atom. The molecule has 1 atom stereocenters. The molecule has 1 aliphatic rings. The topological polar surface area (TPSA) is 50.5 Å². The quantitative estimate of drug-likeness (QED) is 0.818. The fourth-order valence-electron chi connectivity index (χ4n) is 1.92. The average Bonchev–Trinajstić information content (AvgIpc) is 2.77. The Balaban J connectivity index is 1.68. The highest BCUT2D eigenvalue weighted by atomic mass is 16.5. The number of oxazole rings is 1. The summed E-state index contributed by atoms with van der Waals surface area (Å²) < 4.78 is 11.2. The van der Waals surface area contributed by atoms with Gasteiger partial charge in [0, 0.05) is 26.1 Å². The molecule has 1 aliphatic heterocycles. The van der Waals surface area contributed by atoms with Crippen LogP contribution in [-0.4, -0.2) is 49.3 Å². The smallest absolute Gasteiger partial charge is 0.208 e. The van der Waals surface area contributed by atoms with E-state index in [1.807, 2.05) is 0 Å². The van der Waals surface area contributed by atoms with Gasteiger partial charge in [0.25, 0.3) is 0 Å². The van der Waals surface area contributed by atoms with Gasteiger partial charge in [0.1, 0.15) is 5.76 Å². The van der Waals surface area contributed by atoms with Gasteiger partial charge in [-0.1, -0.05) is 6.92 Å². The van der Waals surface area contributed by atoms with Crippen LogP contribution >= 0.6 is 0 Å². The van der Waals surface area contributed by atoms with Crippen LogP contribution in [-0.2, 0) is 17.7 Å². The molecule has 1 unspecified atom stereocenters. The second-order valence-electron chi connectivity index (χ2n) is 4.46. The lowest BCUT2D eigenvalue weighted by atomic mass is 10.3. The summed E-state index contributed by atoms with van der Waals surface area (Å²) in [6.07, 6.45) is 2.96. The van der Waals surface area contributed by atoms with Crippen molar-refractivity contribution < 1.29 is 9.15 Å². The SMILES string of the molecule is CCc1cnc(CNCC2CN(C)CCO2)o1. The summed E-state index contributed by atoms with van der Waals surface area (Å²) in [4.78, 5) is 6.49. The van der Waals surface area contributed by atoms with E-state index in [1.165, 1.54) is 0 Å². The molecule has 1 aromatic rings. The van der Waals surface area contributed by atoms with E-state index >= 15 is 0 Å². The van der Waals surface area contributed by atoms with Gasteiger partial charge in [0.15, 0.2) is 0 Å². The first-order valence-electron chi connectivity index (χ1n) is 6.22. The molecule has 2 rings (SSSR count). The van der Waals surface area contributed by atoms with E-state index in [-0.39, 0.29) is 6.10 Å². The monoisotopic (exact) mass is 239 g/mol. The van der Waals surface area contributed by atoms with Gasteiger partial charge >= 0.3 is 0 Å². The van der Waals surface area contributed by atoms with Crippen LogP contribution in [0, 0.1) is 0 Å². The summed E-state index contributed by atoms with van der Waals surface area (Å²) >= 11 is 0. The molecule has 17 heavy (non-hydrogen) atoms. The van der Waals surface area contributed by atoms with Crippen molar-refractivity contribution in [2.24, 2.45) is 0 Å². The molecular formula is C12H21N3O2. The molecule has 0 aliphatic carbocycles. The number of nitrogens with one attached hydrogen (secondary N) is 1. The Labute approximate surface area is 102 Å². The van der Waals surface area contributed by atoms with E-state index in [4.69, 9.17) is 9.15 Å². The number of likely N-dealkylation sites (N-methyl/N-ethyl adjacent to an activating group) is 1. The van der Waals surface area contributed by atoms with Crippen molar-refractivity contribution in [1.29, 1.82) is 0 Å². The number of morpholine rings is 1. The normalized spacial score (nSPS) is 21.9. The first-order chi connectivity index (χ1) is 8.28. The standard InChI is InChI=1S/C12H21N3O2/c1-3-10-7-14-12(17-10)8-13-6-11-9-15(2)4-5-16-11/h7,11,13H,3-6,8-9H2,1-2H3. The van der Waals surface area contributed by atoms with Crippen LogP contribution < -0.4 is 5.32 Å². The van der Waals surface area contributed by atoms with Crippen molar-refractivity contribution in [3.05, 3.63) is 17.8 Å². The number of hydrogen-bond acceptors (Lipinski definition) is 5. The predicted molar refractivity (Wildman–Crippen MR) is 64.8 cm³/mol. The van der Waals surface area contributed by atoms with Crippen LogP contribution in [0.5, 0.6) is 0 Å². The Bertz CT molecular complexity index is 340. The van der Waals surface area contributed by atoms with Gasteiger partial charge < -0.3 is 19.4 Å². The van der Waals surface area contributed by atoms with Gasteiger partial charge in [0.2, 0.25) is 5.89 Å². The number of aryl methyl sites for hydroxylation is 1. The molecule has 0 bridgehead atoms. The summed E-state index contributed by atoms with van der Waals surface area (Å²) in [6.45, 7) is 6.40. The lowest BCUT2D eigenvalue weighted by Gasteiger charge is -2.30. The molecular weight excluding hydrogens is 218 g/mol. The van der Waals surface area contributed by atoms with Gasteiger partial charge in [-0.15, -0.1) is 0 Å². The minimum absolute atomic E-state index is 0.273. The molecule has 0 amide bonds. The Morgan fingerprint density at radius 2 is 2.47 bits per heavy atom. The van der Waals surface area contributed by atoms with Crippen molar-refractivity contribution in [1.82, 2.24) is 15.2 Å². The Kier molecular flexibility index (Phi) is 4.53. The number of ether oxygens (including phenoxy) is 1. The van der Waals surface area contributed by atoms with Crippen LogP contribution in [0.3, 0.4) is 0 Å². The second kappa shape index (κ2) is 6.14. The van der Waals surface area contributed by atoms with Gasteiger partial charge in [0.05, 0.1) is 25.5 Å². The van der Waals surface area contributed by atoms with E-state index < -0.39 is 0 Å². The zero-order valence-corrected chi connectivity index (χ0v) is 10.6. The summed E-state index contributed by atoms with van der Waals surface area (Å²) in [5, 5.41) is 3.32. The molecule has 0 aromatic carbocycles. The molecule has 1 saturated heterocycles. The third-order valence-electron chi connectivity index (χ3n) is 2.94. The van der Waals surface area contributed by atoms with Crippen LogP contribution in [0.2, 0.25) is 0 Å². The highest BCUT2D eigenvalue weighted by Crippen LogP contribution is 2.05. The molecule has 5 heteroatoms. The zero-order chi connectivity index (χ0) is 12.1. The van der Waals surface area contributed by atoms with Crippen molar-refractivity contribution in [2.75, 3.05) is 33.3 Å². The average molecular weight is 239 g/mol. The predicted octanol–water partition coefficient (Wildman–Crippen LogP) is 0.657. The highest BCUT2D eigenvalue weighted by Gasteiger charge is 2.17. The fourth-order valence-corrected chi connectivity index (χ4v) is 1.92. The van der Waals surface area contributed by atoms with Crippen LogP contribution in [0.15, 0.2) is 10.6 Å². The number of hydrogen-bond donors (Lipinski definition) is 1. The van der Waals surface area contributed by atoms with E-state index in [0.717, 1.165) is 44.3 Å². The maximum atomic E-state index is 5.66. The third-order valence-corrected chi connectivity index (χ3v) is 2.94. The molecule has 0 radical (unpaired) electrons. The minimum atomic E-state index is 0.273. The van der Waals surface area contributed by atoms with Crippen LogP contribution in [0.4, 0.5) is 0 Å². The first-order valence-corrected chi connectivity index (χ1v) is 6.22. The summed E-state index contributed by atoms with van der Waals surface area (Å²) in [6, 6.07) is 0. The number of nitrogens with zero attached hydrogens (tertiary/aromatic N) is 2. The number of rotatable bonds is 5. The minimum Gasteiger partial charge on any atom is -0.444 e. The second-order valence-corrected chi connectivity index (χ2v) is 4.46. The molecule has 2 heterocycles. The molecule has 0 saturated carbocycles. The fraction of sp³-hybridized carbons (Fsp3) is 0.750. The largest absolute Gasteiger partial charge is 0.444 e. The molecule has 1 aromatic heterocycles. The van der Waals surface area contributed by atoms with E-state index in [0.29, 0.717) is 6.54 Å². The van der Waals surface area contributed by atoms with Crippen molar-refractivity contribution in [2.45, 2.75) is 26.0 Å². The number of aromatic nitrogens is 1. The van der Waals surface area contributed by atoms with Crippen molar-refractivity contribution in [3.8, 4) is 0 Å². The zero-order valence-electron chi connectivity index (χ0n) is 10.6. The van der Waals surface area contributed by atoms with Crippen LogP contribution in [0.1, 0.15) is 18.6 Å². The highest BCUT2D eigenvalue weighted by molar-refractivity contribution is 4.93. The lowest BCUT2D eigenvalue weighted by molar-refractivity contribution is -0.0184. The summed E-state index contributed by atoms with van der Waals surface area (Å²) in [7, 11) is 2.12. The van der Waals surface area contributed by atoms with Gasteiger partial charge in [-0.3, -0.25) is 0 Å². The van der Waals surface area contributed by atoms with Gasteiger partial charge in [-0.2, -0.15) is 0 Å². The summed E-state index contributed by atoms with van der Waals surface area (Å²) in [5.74, 6) is 1.70. The van der Waals surface area contributed by atoms with Crippen molar-refractivity contribution in [3.63, 3.8) is 0 Å². The van der Waals surface area contributed by atoms with Crippen LogP contribution in [0.25, 0.3) is 0 Å². The Morgan fingerprint density at radius 3 is 3.18 bits per heavy atom. The van der Waals surface area contributed by atoms with E-state index in [9.17, 15) is 0 Å². The summed E-state index contributed by atoms with van der Waals surface area (Å²) in [5.41, 5.74) is 0. The molecule has 5 nitrogen and oxygen atoms in total. The molecule has 1 fully saturated rings.